The summed E-state index contributed by atoms with van der Waals surface area (Å²) < 4.78 is 0. The molecule has 3 N–H and O–H groups in total. The molecule has 1 saturated heterocycles. The summed E-state index contributed by atoms with van der Waals surface area (Å²) >= 11 is 0. The molecule has 1 fully saturated rings. The van der Waals surface area contributed by atoms with Gasteiger partial charge in [-0.25, -0.2) is 0 Å². The summed E-state index contributed by atoms with van der Waals surface area (Å²) in [6.07, 6.45) is 10.2. The topological polar surface area (TPSA) is 50.2 Å². The predicted molar refractivity (Wildman–Crippen MR) is 88.6 cm³/mol. The molecule has 0 bridgehead atoms. The first kappa shape index (κ1) is 21.6. The van der Waals surface area contributed by atoms with Gasteiger partial charge in [0.1, 0.15) is 0 Å². The largest absolute Gasteiger partial charge is 2.00 e. The number of rotatable bonds is 0. The van der Waals surface area contributed by atoms with E-state index in [4.69, 9.17) is 0 Å². The maximum absolute atomic E-state index is 4.60. The van der Waals surface area contributed by atoms with Gasteiger partial charge in [-0.3, -0.25) is 0 Å². The van der Waals surface area contributed by atoms with Gasteiger partial charge >= 0.3 is 21.7 Å². The van der Waals surface area contributed by atoms with Gasteiger partial charge in [0.2, 0.25) is 0 Å². The van der Waals surface area contributed by atoms with E-state index in [1.54, 1.807) is 0 Å². The van der Waals surface area contributed by atoms with Crippen LogP contribution in [0.25, 0.3) is 5.32 Å². The van der Waals surface area contributed by atoms with E-state index in [1.807, 2.05) is 0 Å². The Morgan fingerprint density at radius 3 is 1.05 bits per heavy atom. The zero-order valence-electron chi connectivity index (χ0n) is 13.8. The Balaban J connectivity index is 0.00000400. The second kappa shape index (κ2) is 18.6. The van der Waals surface area contributed by atoms with Gasteiger partial charge in [0.25, 0.3) is 0 Å². The van der Waals surface area contributed by atoms with Crippen LogP contribution in [-0.4, -0.2) is 52.4 Å². The van der Waals surface area contributed by atoms with E-state index in [0.717, 1.165) is 26.2 Å². The number of nitrogens with zero attached hydrogens (tertiary/aromatic N) is 1. The van der Waals surface area contributed by atoms with Crippen LogP contribution in [0, 0.1) is 0 Å². The van der Waals surface area contributed by atoms with Crippen LogP contribution in [0.2, 0.25) is 0 Å². The van der Waals surface area contributed by atoms with Gasteiger partial charge in [-0.15, -0.1) is 13.1 Å². The maximum Gasteiger partial charge on any atom is 2.00 e. The average Bonchev–Trinajstić information content (AvgIpc) is 2.46. The molecule has 0 atom stereocenters. The number of nitrogens with one attached hydrogen (secondary N) is 3. The van der Waals surface area contributed by atoms with Crippen molar-refractivity contribution >= 4 is 0 Å². The van der Waals surface area contributed by atoms with Crippen LogP contribution in [0.1, 0.15) is 51.4 Å². The Labute approximate surface area is 146 Å². The molecule has 1 aliphatic rings. The van der Waals surface area contributed by atoms with Crippen LogP contribution in [0.4, 0.5) is 0 Å². The third-order valence-electron chi connectivity index (χ3n) is 3.75. The van der Waals surface area contributed by atoms with Crippen LogP contribution in [0.3, 0.4) is 0 Å². The molecule has 0 saturated carbocycles. The molecule has 1 aliphatic heterocycles. The molecule has 1 heterocycles. The number of hydrogen-bond acceptors (Lipinski definition) is 3. The van der Waals surface area contributed by atoms with Crippen LogP contribution in [0.15, 0.2) is 0 Å². The van der Waals surface area contributed by atoms with Crippen LogP contribution in [0.5, 0.6) is 0 Å². The van der Waals surface area contributed by atoms with Gasteiger partial charge in [0, 0.05) is 0 Å². The minimum atomic E-state index is 0. The van der Waals surface area contributed by atoms with Crippen molar-refractivity contribution < 1.29 is 21.7 Å². The quantitative estimate of drug-likeness (QED) is 0.597. The van der Waals surface area contributed by atoms with Crippen LogP contribution >= 0.6 is 0 Å². The molecule has 21 heavy (non-hydrogen) atoms. The van der Waals surface area contributed by atoms with Gasteiger partial charge < -0.3 is 21.3 Å². The Hall–Kier alpha value is 0.554. The van der Waals surface area contributed by atoms with Crippen molar-refractivity contribution in [3.8, 4) is 0 Å². The van der Waals surface area contributed by atoms with Crippen LogP contribution < -0.4 is 16.0 Å². The summed E-state index contributed by atoms with van der Waals surface area (Å²) in [5.41, 5.74) is 0. The summed E-state index contributed by atoms with van der Waals surface area (Å²) in [7, 11) is 0. The monoisotopic (exact) mass is 331 g/mol. The fourth-order valence-corrected chi connectivity index (χ4v) is 2.43. The van der Waals surface area contributed by atoms with Crippen molar-refractivity contribution in [3.63, 3.8) is 0 Å². The molecule has 0 unspecified atom stereocenters. The SMILES string of the molecule is C1CCNCCCCNCCCCNCCCC[N-]C1.[Ti+2]. The van der Waals surface area contributed by atoms with Crippen LogP contribution in [-0.2, 0) is 21.7 Å². The number of hydrogen-bond donors (Lipinski definition) is 3. The first-order chi connectivity index (χ1) is 10.0. The second-order valence-electron chi connectivity index (χ2n) is 5.75. The van der Waals surface area contributed by atoms with Crippen molar-refractivity contribution in [1.82, 2.24) is 16.0 Å². The summed E-state index contributed by atoms with van der Waals surface area (Å²) in [5, 5.41) is 15.2. The normalized spacial score (nSPS) is 22.9. The van der Waals surface area contributed by atoms with E-state index >= 15 is 0 Å². The third kappa shape index (κ3) is 16.7. The Bertz CT molecular complexity index is 107. The van der Waals surface area contributed by atoms with E-state index in [-0.39, 0.29) is 21.7 Å². The van der Waals surface area contributed by atoms with Crippen molar-refractivity contribution in [2.24, 2.45) is 0 Å². The van der Waals surface area contributed by atoms with Crippen molar-refractivity contribution in [2.45, 2.75) is 51.4 Å². The summed E-state index contributed by atoms with van der Waals surface area (Å²) in [6, 6.07) is 0. The molecule has 122 valence electrons. The van der Waals surface area contributed by atoms with Gasteiger partial charge in [-0.2, -0.15) is 0 Å². The maximum atomic E-state index is 4.60. The third-order valence-corrected chi connectivity index (χ3v) is 3.75. The van der Waals surface area contributed by atoms with E-state index < -0.39 is 0 Å². The molecule has 4 nitrogen and oxygen atoms in total. The Morgan fingerprint density at radius 2 is 0.714 bits per heavy atom. The van der Waals surface area contributed by atoms with Gasteiger partial charge in [0.15, 0.2) is 0 Å². The first-order valence-corrected chi connectivity index (χ1v) is 8.75. The second-order valence-corrected chi connectivity index (χ2v) is 5.75. The molecule has 0 radical (unpaired) electrons. The summed E-state index contributed by atoms with van der Waals surface area (Å²) in [5.74, 6) is 0. The van der Waals surface area contributed by atoms with E-state index in [2.05, 4.69) is 21.3 Å². The fraction of sp³-hybridized carbons (Fsp3) is 1.00. The predicted octanol–water partition coefficient (Wildman–Crippen LogP) is 2.26. The minimum Gasteiger partial charge on any atom is -0.662 e. The molecular weight excluding hydrogens is 296 g/mol. The Kier molecular flexibility index (Phi) is 19.1. The van der Waals surface area contributed by atoms with Crippen molar-refractivity contribution in [1.29, 1.82) is 0 Å². The first-order valence-electron chi connectivity index (χ1n) is 8.75. The molecule has 0 aromatic rings. The van der Waals surface area contributed by atoms with Crippen molar-refractivity contribution in [2.75, 3.05) is 52.4 Å². The van der Waals surface area contributed by atoms with Crippen molar-refractivity contribution in [3.05, 3.63) is 5.32 Å². The van der Waals surface area contributed by atoms with E-state index in [9.17, 15) is 0 Å². The van der Waals surface area contributed by atoms with E-state index in [1.165, 1.54) is 77.5 Å². The van der Waals surface area contributed by atoms with Gasteiger partial charge in [-0.05, 0) is 77.8 Å². The van der Waals surface area contributed by atoms with Gasteiger partial charge in [0.05, 0.1) is 0 Å². The average molecular weight is 331 g/mol. The standard InChI is InChI=1S/C16H35N4.Ti/c1-2-10-18-12-5-6-14-20-16-8-7-15-19-13-4-3-11-17-9-1;/h17-19H,1-16H2;/q-1;+2. The minimum absolute atomic E-state index is 0. The molecular formula is C16H35N4Ti+. The molecule has 5 heteroatoms. The molecule has 0 spiro atoms. The fourth-order valence-electron chi connectivity index (χ4n) is 2.43. The van der Waals surface area contributed by atoms with E-state index in [0.29, 0.717) is 0 Å². The molecule has 0 aromatic heterocycles. The summed E-state index contributed by atoms with van der Waals surface area (Å²) in [6.45, 7) is 9.12. The molecule has 0 amide bonds. The van der Waals surface area contributed by atoms with Gasteiger partial charge in [-0.1, -0.05) is 12.8 Å². The zero-order valence-corrected chi connectivity index (χ0v) is 15.3. The summed E-state index contributed by atoms with van der Waals surface area (Å²) in [4.78, 5) is 0. The smallest absolute Gasteiger partial charge is 0.662 e. The molecule has 0 aromatic carbocycles. The zero-order chi connectivity index (χ0) is 14.1. The molecule has 0 aliphatic carbocycles. The Morgan fingerprint density at radius 1 is 0.429 bits per heavy atom. The molecule has 1 rings (SSSR count).